The van der Waals surface area contributed by atoms with Crippen molar-refractivity contribution >= 4 is 46.0 Å². The van der Waals surface area contributed by atoms with Gasteiger partial charge >= 0.3 is 0 Å². The van der Waals surface area contributed by atoms with Gasteiger partial charge in [-0.1, -0.05) is 0 Å². The van der Waals surface area contributed by atoms with Gasteiger partial charge in [0.2, 0.25) is 17.7 Å². The number of nitrogens with zero attached hydrogens (tertiary/aromatic N) is 1. The number of carbonyl (C=O) groups is 3. The van der Waals surface area contributed by atoms with Crippen LogP contribution in [0.25, 0.3) is 0 Å². The van der Waals surface area contributed by atoms with Crippen molar-refractivity contribution in [2.75, 3.05) is 11.1 Å². The molecular formula is C14H19N5O3S2. The molecule has 0 aromatic carbocycles. The van der Waals surface area contributed by atoms with Crippen molar-refractivity contribution in [2.24, 2.45) is 0 Å². The summed E-state index contributed by atoms with van der Waals surface area (Å²) in [5, 5.41) is 13.9. The van der Waals surface area contributed by atoms with Crippen LogP contribution in [0.5, 0.6) is 0 Å². The fourth-order valence-electron chi connectivity index (χ4n) is 2.30. The Morgan fingerprint density at radius 2 is 2.21 bits per heavy atom. The highest BCUT2D eigenvalue weighted by Gasteiger charge is 2.30. The molecule has 130 valence electrons. The van der Waals surface area contributed by atoms with Gasteiger partial charge in [0.25, 0.3) is 0 Å². The summed E-state index contributed by atoms with van der Waals surface area (Å²) < 4.78 is 0. The first-order valence-corrected chi connectivity index (χ1v) is 9.67. The zero-order valence-corrected chi connectivity index (χ0v) is 14.5. The summed E-state index contributed by atoms with van der Waals surface area (Å²) in [5.41, 5.74) is -0.382. The summed E-state index contributed by atoms with van der Waals surface area (Å²) in [4.78, 5) is 39.5. The third-order valence-corrected chi connectivity index (χ3v) is 5.25. The molecular weight excluding hydrogens is 350 g/mol. The van der Waals surface area contributed by atoms with Gasteiger partial charge < -0.3 is 16.0 Å². The van der Waals surface area contributed by atoms with Crippen LogP contribution in [-0.4, -0.2) is 46.0 Å². The van der Waals surface area contributed by atoms with E-state index in [-0.39, 0.29) is 47.9 Å². The molecule has 3 amide bonds. The Labute approximate surface area is 147 Å². The lowest BCUT2D eigenvalue weighted by atomic mass is 10.1. The molecule has 2 fully saturated rings. The van der Waals surface area contributed by atoms with E-state index in [9.17, 15) is 14.4 Å². The number of aromatic nitrogens is 1. The van der Waals surface area contributed by atoms with Gasteiger partial charge in [0, 0.05) is 36.5 Å². The number of anilines is 1. The average Bonchev–Trinajstić information content (AvgIpc) is 3.17. The number of hydrogen-bond acceptors (Lipinski definition) is 7. The quantitative estimate of drug-likeness (QED) is 0.548. The molecule has 1 saturated heterocycles. The fraction of sp³-hybridized carbons (Fsp3) is 0.571. The zero-order chi connectivity index (χ0) is 16.9. The van der Waals surface area contributed by atoms with Crippen molar-refractivity contribution in [3.63, 3.8) is 0 Å². The van der Waals surface area contributed by atoms with Crippen molar-refractivity contribution in [3.05, 3.63) is 11.6 Å². The molecule has 1 saturated carbocycles. The van der Waals surface area contributed by atoms with E-state index in [4.69, 9.17) is 0 Å². The van der Waals surface area contributed by atoms with Crippen LogP contribution in [0.4, 0.5) is 5.13 Å². The SMILES string of the molecule is O=C(CSC1NC(=O)CC(CC(=O)NC2CC2)N1)Nc1nccs1. The Morgan fingerprint density at radius 1 is 1.38 bits per heavy atom. The highest BCUT2D eigenvalue weighted by atomic mass is 32.2. The molecule has 8 nitrogen and oxygen atoms in total. The Balaban J connectivity index is 1.41. The first-order chi connectivity index (χ1) is 11.6. The van der Waals surface area contributed by atoms with Crippen LogP contribution in [0.3, 0.4) is 0 Å². The van der Waals surface area contributed by atoms with Gasteiger partial charge in [0.1, 0.15) is 5.50 Å². The number of thioether (sulfide) groups is 1. The van der Waals surface area contributed by atoms with E-state index >= 15 is 0 Å². The molecule has 4 N–H and O–H groups in total. The minimum Gasteiger partial charge on any atom is -0.353 e. The number of rotatable bonds is 7. The normalized spacial score (nSPS) is 23.4. The molecule has 1 aliphatic carbocycles. The molecule has 2 unspecified atom stereocenters. The summed E-state index contributed by atoms with van der Waals surface area (Å²) in [7, 11) is 0. The summed E-state index contributed by atoms with van der Waals surface area (Å²) in [5.74, 6) is -0.149. The Hall–Kier alpha value is -1.65. The van der Waals surface area contributed by atoms with Gasteiger partial charge in [0.15, 0.2) is 5.13 Å². The van der Waals surface area contributed by atoms with E-state index < -0.39 is 0 Å². The van der Waals surface area contributed by atoms with Crippen LogP contribution in [-0.2, 0) is 14.4 Å². The van der Waals surface area contributed by atoms with Gasteiger partial charge in [0.05, 0.1) is 5.75 Å². The standard InChI is InChI=1S/C14H19N5O3S2/c20-10(16-8-1-2-8)5-9-6-11(21)18-14(17-9)24-7-12(22)19-13-15-3-4-23-13/h3-4,8-9,14,17H,1-2,5-7H2,(H,16,20)(H,18,21)(H,15,19,22). The van der Waals surface area contributed by atoms with Gasteiger partial charge in [-0.3, -0.25) is 19.7 Å². The number of hydrogen-bond donors (Lipinski definition) is 4. The van der Waals surface area contributed by atoms with Crippen LogP contribution in [0, 0.1) is 0 Å². The van der Waals surface area contributed by atoms with Gasteiger partial charge in [-0.15, -0.1) is 23.1 Å². The van der Waals surface area contributed by atoms with Gasteiger partial charge in [-0.05, 0) is 12.8 Å². The van der Waals surface area contributed by atoms with E-state index in [1.165, 1.54) is 23.1 Å². The second-order valence-corrected chi connectivity index (χ2v) is 7.75. The van der Waals surface area contributed by atoms with Crippen LogP contribution < -0.4 is 21.3 Å². The third-order valence-electron chi connectivity index (χ3n) is 3.54. The largest absolute Gasteiger partial charge is 0.353 e. The predicted octanol–water partition coefficient (Wildman–Crippen LogP) is 0.245. The number of nitrogens with one attached hydrogen (secondary N) is 4. The van der Waals surface area contributed by atoms with Crippen LogP contribution in [0.1, 0.15) is 25.7 Å². The lowest BCUT2D eigenvalue weighted by molar-refractivity contribution is -0.125. The van der Waals surface area contributed by atoms with Gasteiger partial charge in [-0.25, -0.2) is 4.98 Å². The van der Waals surface area contributed by atoms with E-state index in [2.05, 4.69) is 26.3 Å². The molecule has 0 bridgehead atoms. The molecule has 24 heavy (non-hydrogen) atoms. The third kappa shape index (κ3) is 5.46. The number of thiazole rings is 1. The minimum absolute atomic E-state index is 0.0324. The molecule has 2 aliphatic rings. The van der Waals surface area contributed by atoms with Crippen LogP contribution >= 0.6 is 23.1 Å². The Kier molecular flexibility index (Phi) is 5.69. The maximum absolute atomic E-state index is 11.9. The monoisotopic (exact) mass is 369 g/mol. The second-order valence-electron chi connectivity index (χ2n) is 5.76. The first-order valence-electron chi connectivity index (χ1n) is 7.74. The Bertz CT molecular complexity index is 606. The van der Waals surface area contributed by atoms with Gasteiger partial charge in [-0.2, -0.15) is 0 Å². The maximum Gasteiger partial charge on any atom is 0.236 e. The number of carbonyl (C=O) groups excluding carboxylic acids is 3. The van der Waals surface area contributed by atoms with Crippen molar-refractivity contribution in [1.82, 2.24) is 20.9 Å². The fourth-order valence-corrected chi connectivity index (χ4v) is 3.74. The van der Waals surface area contributed by atoms with E-state index in [0.717, 1.165) is 12.8 Å². The molecule has 0 spiro atoms. The maximum atomic E-state index is 11.9. The molecule has 2 heterocycles. The highest BCUT2D eigenvalue weighted by Crippen LogP contribution is 2.20. The minimum atomic E-state index is -0.382. The van der Waals surface area contributed by atoms with Crippen molar-refractivity contribution in [3.8, 4) is 0 Å². The summed E-state index contributed by atoms with van der Waals surface area (Å²) >= 11 is 2.63. The van der Waals surface area contributed by atoms with E-state index in [1.807, 2.05) is 0 Å². The van der Waals surface area contributed by atoms with Crippen molar-refractivity contribution in [1.29, 1.82) is 0 Å². The van der Waals surface area contributed by atoms with Crippen LogP contribution in [0.2, 0.25) is 0 Å². The zero-order valence-electron chi connectivity index (χ0n) is 12.9. The molecule has 0 radical (unpaired) electrons. The average molecular weight is 369 g/mol. The Morgan fingerprint density at radius 3 is 2.92 bits per heavy atom. The molecule has 3 rings (SSSR count). The predicted molar refractivity (Wildman–Crippen MR) is 92.5 cm³/mol. The molecule has 1 aliphatic heterocycles. The van der Waals surface area contributed by atoms with E-state index in [1.54, 1.807) is 11.6 Å². The molecule has 2 atom stereocenters. The van der Waals surface area contributed by atoms with Crippen molar-refractivity contribution in [2.45, 2.75) is 43.3 Å². The smallest absolute Gasteiger partial charge is 0.236 e. The topological polar surface area (TPSA) is 112 Å². The first kappa shape index (κ1) is 17.2. The summed E-state index contributed by atoms with van der Waals surface area (Å²) in [6.07, 6.45) is 4.23. The highest BCUT2D eigenvalue weighted by molar-refractivity contribution is 8.00. The summed E-state index contributed by atoms with van der Waals surface area (Å²) in [6, 6.07) is 0.103. The second kappa shape index (κ2) is 7.95. The molecule has 1 aromatic heterocycles. The lowest BCUT2D eigenvalue weighted by Crippen LogP contribution is -2.56. The summed E-state index contributed by atoms with van der Waals surface area (Å²) in [6.45, 7) is 0. The number of amides is 3. The molecule has 10 heteroatoms. The lowest BCUT2D eigenvalue weighted by Gasteiger charge is -2.30. The van der Waals surface area contributed by atoms with Crippen LogP contribution in [0.15, 0.2) is 11.6 Å². The van der Waals surface area contributed by atoms with Crippen molar-refractivity contribution < 1.29 is 14.4 Å². The molecule has 1 aromatic rings. The van der Waals surface area contributed by atoms with E-state index in [0.29, 0.717) is 11.2 Å².